The molecule has 2 aliphatic heterocycles. The van der Waals surface area contributed by atoms with Crippen molar-refractivity contribution in [3.63, 3.8) is 0 Å². The molecule has 1 saturated heterocycles. The number of aromatic hydroxyl groups is 1. The van der Waals surface area contributed by atoms with Gasteiger partial charge in [0.15, 0.2) is 17.6 Å². The summed E-state index contributed by atoms with van der Waals surface area (Å²) in [6.07, 6.45) is 2.59. The summed E-state index contributed by atoms with van der Waals surface area (Å²) in [6, 6.07) is 2.60. The Morgan fingerprint density at radius 3 is 2.78 bits per heavy atom. The average Bonchev–Trinajstić information content (AvgIpc) is 3.10. The Hall–Kier alpha value is -2.58. The third-order valence-electron chi connectivity index (χ3n) is 7.81. The van der Waals surface area contributed by atoms with Crippen molar-refractivity contribution in [2.75, 3.05) is 13.6 Å². The van der Waals surface area contributed by atoms with Gasteiger partial charge in [0, 0.05) is 23.9 Å². The molecule has 0 radical (unpaired) electrons. The molecule has 4 aliphatic rings. The van der Waals surface area contributed by atoms with Gasteiger partial charge >= 0.3 is 5.97 Å². The smallest absolute Gasteiger partial charge is 0.333 e. The SMILES string of the molecule is CC(C)C(=O)N[C@@H](C)C(=O)OC1=CC[C@@]2(O)[C@H]3Cc4ccc(O)c5c4[C@@]2(CCN3C)[C@H]1O5. The quantitative estimate of drug-likeness (QED) is 0.605. The van der Waals surface area contributed by atoms with E-state index in [1.165, 1.54) is 0 Å². The number of nitrogens with zero attached hydrogens (tertiary/aromatic N) is 1. The number of esters is 1. The lowest BCUT2D eigenvalue weighted by atomic mass is 9.50. The molecule has 1 spiro atoms. The molecule has 3 N–H and O–H groups in total. The van der Waals surface area contributed by atoms with Crippen LogP contribution in [0, 0.1) is 5.92 Å². The van der Waals surface area contributed by atoms with E-state index in [-0.39, 0.29) is 23.6 Å². The molecular formula is C24H30N2O6. The Morgan fingerprint density at radius 2 is 2.06 bits per heavy atom. The van der Waals surface area contributed by atoms with E-state index in [1.54, 1.807) is 32.9 Å². The van der Waals surface area contributed by atoms with Crippen LogP contribution in [0.15, 0.2) is 24.0 Å². The van der Waals surface area contributed by atoms with Crippen molar-refractivity contribution in [1.29, 1.82) is 0 Å². The van der Waals surface area contributed by atoms with Gasteiger partial charge in [0.1, 0.15) is 11.8 Å². The normalized spacial score (nSPS) is 33.1. The number of carbonyl (C=O) groups is 2. The Morgan fingerprint density at radius 1 is 1.31 bits per heavy atom. The van der Waals surface area contributed by atoms with Gasteiger partial charge in [0.2, 0.25) is 5.91 Å². The Balaban J connectivity index is 1.53. The molecule has 0 unspecified atom stereocenters. The fourth-order valence-electron chi connectivity index (χ4n) is 6.08. The van der Waals surface area contributed by atoms with Crippen molar-refractivity contribution in [2.24, 2.45) is 5.92 Å². The van der Waals surface area contributed by atoms with Crippen molar-refractivity contribution in [3.8, 4) is 11.5 Å². The van der Waals surface area contributed by atoms with Crippen LogP contribution in [0.5, 0.6) is 11.5 Å². The first-order chi connectivity index (χ1) is 15.1. The third-order valence-corrected chi connectivity index (χ3v) is 7.81. The largest absolute Gasteiger partial charge is 0.504 e. The second-order valence-corrected chi connectivity index (χ2v) is 9.91. The number of piperidine rings is 1. The van der Waals surface area contributed by atoms with E-state index in [9.17, 15) is 19.8 Å². The Kier molecular flexibility index (Phi) is 4.63. The van der Waals surface area contributed by atoms with Gasteiger partial charge in [-0.05, 0) is 51.1 Å². The molecule has 2 heterocycles. The zero-order valence-electron chi connectivity index (χ0n) is 18.8. The zero-order valence-corrected chi connectivity index (χ0v) is 18.8. The molecule has 1 aromatic carbocycles. The number of phenolic OH excluding ortho intramolecular Hbond substituents is 1. The average molecular weight is 443 g/mol. The number of phenols is 1. The standard InChI is InChI=1S/C24H30N2O6/c1-12(2)21(28)25-13(3)22(29)31-16-7-8-24(30)17-11-14-5-6-15(27)19-18(14)23(24,20(16)32-19)9-10-26(17)4/h5-7,12-13,17,20,27,30H,8-11H2,1-4H3,(H,25,28)/t13-,17+,20-,23-,24+/m0/s1. The van der Waals surface area contributed by atoms with E-state index >= 15 is 0 Å². The highest BCUT2D eigenvalue weighted by molar-refractivity contribution is 5.85. The van der Waals surface area contributed by atoms with Gasteiger partial charge in [-0.15, -0.1) is 0 Å². The highest BCUT2D eigenvalue weighted by Crippen LogP contribution is 2.65. The molecule has 8 heteroatoms. The molecule has 172 valence electrons. The predicted octanol–water partition coefficient (Wildman–Crippen LogP) is 1.37. The summed E-state index contributed by atoms with van der Waals surface area (Å²) >= 11 is 0. The van der Waals surface area contributed by atoms with Crippen molar-refractivity contribution in [3.05, 3.63) is 35.1 Å². The number of hydrogen-bond acceptors (Lipinski definition) is 7. The maximum atomic E-state index is 12.8. The molecule has 5 rings (SSSR count). The van der Waals surface area contributed by atoms with Gasteiger partial charge in [0.25, 0.3) is 0 Å². The molecule has 8 nitrogen and oxygen atoms in total. The molecule has 32 heavy (non-hydrogen) atoms. The number of likely N-dealkylation sites (tertiary alicyclic amines) is 1. The minimum absolute atomic E-state index is 0.0236. The van der Waals surface area contributed by atoms with E-state index < -0.39 is 29.1 Å². The monoisotopic (exact) mass is 442 g/mol. The highest BCUT2D eigenvalue weighted by atomic mass is 16.6. The van der Waals surface area contributed by atoms with Crippen LogP contribution in [-0.2, 0) is 26.2 Å². The van der Waals surface area contributed by atoms with Gasteiger partial charge in [-0.1, -0.05) is 19.9 Å². The van der Waals surface area contributed by atoms with Gasteiger partial charge in [-0.3, -0.25) is 4.79 Å². The summed E-state index contributed by atoms with van der Waals surface area (Å²) in [5.41, 5.74) is -0.0196. The number of carbonyl (C=O) groups excluding carboxylic acids is 2. The number of ether oxygens (including phenoxy) is 2. The van der Waals surface area contributed by atoms with Crippen LogP contribution in [0.3, 0.4) is 0 Å². The van der Waals surface area contributed by atoms with E-state index in [1.807, 2.05) is 13.1 Å². The number of likely N-dealkylation sites (N-methyl/N-ethyl adjacent to an activating group) is 1. The molecule has 0 saturated carbocycles. The van der Waals surface area contributed by atoms with Crippen LogP contribution in [0.4, 0.5) is 0 Å². The molecule has 1 aromatic rings. The Labute approximate surface area is 187 Å². The van der Waals surface area contributed by atoms with Crippen molar-refractivity contribution in [2.45, 2.75) is 69.2 Å². The minimum atomic E-state index is -1.11. The number of nitrogens with one attached hydrogen (secondary N) is 1. The predicted molar refractivity (Wildman–Crippen MR) is 115 cm³/mol. The van der Waals surface area contributed by atoms with Gasteiger partial charge < -0.3 is 29.9 Å². The summed E-state index contributed by atoms with van der Waals surface area (Å²) < 4.78 is 12.0. The molecular weight excluding hydrogens is 412 g/mol. The molecule has 2 aliphatic carbocycles. The molecule has 5 atom stereocenters. The van der Waals surface area contributed by atoms with E-state index in [4.69, 9.17) is 9.47 Å². The summed E-state index contributed by atoms with van der Waals surface area (Å²) in [5, 5.41) is 25.3. The van der Waals surface area contributed by atoms with E-state index in [2.05, 4.69) is 10.2 Å². The number of rotatable bonds is 4. The van der Waals surface area contributed by atoms with Crippen molar-refractivity contribution < 1.29 is 29.3 Å². The van der Waals surface area contributed by atoms with Crippen LogP contribution in [0.1, 0.15) is 44.7 Å². The van der Waals surface area contributed by atoms with Crippen LogP contribution >= 0.6 is 0 Å². The summed E-state index contributed by atoms with van der Waals surface area (Å²) in [7, 11) is 2.02. The summed E-state index contributed by atoms with van der Waals surface area (Å²) in [6.45, 7) is 5.85. The number of amides is 1. The van der Waals surface area contributed by atoms with Crippen molar-refractivity contribution >= 4 is 11.9 Å². The van der Waals surface area contributed by atoms with Gasteiger partial charge in [-0.25, -0.2) is 4.79 Å². The first kappa shape index (κ1) is 21.3. The summed E-state index contributed by atoms with van der Waals surface area (Å²) in [5.74, 6) is -0.340. The second-order valence-electron chi connectivity index (χ2n) is 9.91. The second kappa shape index (κ2) is 6.96. The topological polar surface area (TPSA) is 108 Å². The maximum Gasteiger partial charge on any atom is 0.333 e. The maximum absolute atomic E-state index is 12.8. The van der Waals surface area contributed by atoms with Crippen LogP contribution in [0.2, 0.25) is 0 Å². The van der Waals surface area contributed by atoms with E-state index in [0.717, 1.165) is 17.7 Å². The fourth-order valence-corrected chi connectivity index (χ4v) is 6.08. The van der Waals surface area contributed by atoms with Crippen LogP contribution in [-0.4, -0.2) is 64.4 Å². The third kappa shape index (κ3) is 2.62. The Bertz CT molecular complexity index is 1040. The van der Waals surface area contributed by atoms with E-state index in [0.29, 0.717) is 30.8 Å². The molecule has 0 aromatic heterocycles. The van der Waals surface area contributed by atoms with Crippen LogP contribution in [0.25, 0.3) is 0 Å². The molecule has 1 fully saturated rings. The van der Waals surface area contributed by atoms with Gasteiger partial charge in [0.05, 0.1) is 11.0 Å². The number of benzene rings is 1. The minimum Gasteiger partial charge on any atom is -0.504 e. The van der Waals surface area contributed by atoms with Crippen molar-refractivity contribution in [1.82, 2.24) is 10.2 Å². The summed E-state index contributed by atoms with van der Waals surface area (Å²) in [4.78, 5) is 27.0. The number of aliphatic hydroxyl groups is 1. The first-order valence-corrected chi connectivity index (χ1v) is 11.3. The first-order valence-electron chi connectivity index (χ1n) is 11.3. The fraction of sp³-hybridized carbons (Fsp3) is 0.583. The molecule has 1 amide bonds. The lowest BCUT2D eigenvalue weighted by molar-refractivity contribution is -0.170. The van der Waals surface area contributed by atoms with Gasteiger partial charge in [-0.2, -0.15) is 0 Å². The number of hydrogen-bond donors (Lipinski definition) is 3. The van der Waals surface area contributed by atoms with Crippen LogP contribution < -0.4 is 10.1 Å². The zero-order chi connectivity index (χ0) is 23.0. The molecule has 2 bridgehead atoms. The highest BCUT2D eigenvalue weighted by Gasteiger charge is 2.72. The lowest BCUT2D eigenvalue weighted by Crippen LogP contribution is -2.74. The lowest BCUT2D eigenvalue weighted by Gasteiger charge is -2.61.